The van der Waals surface area contributed by atoms with E-state index in [2.05, 4.69) is 53.1 Å². The van der Waals surface area contributed by atoms with Gasteiger partial charge in [-0.25, -0.2) is 0 Å². The van der Waals surface area contributed by atoms with Crippen LogP contribution in [0, 0.1) is 11.8 Å². The van der Waals surface area contributed by atoms with Crippen molar-refractivity contribution in [2.75, 3.05) is 39.8 Å². The first-order valence-corrected chi connectivity index (χ1v) is 11.5. The van der Waals surface area contributed by atoms with Gasteiger partial charge in [-0.3, -0.25) is 14.7 Å². The highest BCUT2D eigenvalue weighted by Gasteiger charge is 2.32. The predicted octanol–water partition coefficient (Wildman–Crippen LogP) is 3.32. The van der Waals surface area contributed by atoms with Crippen LogP contribution in [0.5, 0.6) is 0 Å². The Morgan fingerprint density at radius 2 is 1.83 bits per heavy atom. The number of likely N-dealkylation sites (N-methyl/N-ethyl adjacent to an activating group) is 1. The van der Waals surface area contributed by atoms with Gasteiger partial charge in [0.05, 0.1) is 0 Å². The molecule has 7 heteroatoms. The quantitative estimate of drug-likeness (QED) is 0.278. The molecule has 0 aromatic rings. The Morgan fingerprint density at radius 3 is 2.38 bits per heavy atom. The Balaban J connectivity index is 0.00000420. The standard InChI is InChI=1S/C22H43N5O.HI/c1-6-26(7-2)20(14-17(3)4)15-24-22(23-5)25-19-12-13-27(16-19)21(28)18-10-8-9-11-18;/h17-20H,6-16H2,1-5H3,(H2,23,24,25);1H. The van der Waals surface area contributed by atoms with Crippen LogP contribution in [0.2, 0.25) is 0 Å². The zero-order valence-electron chi connectivity index (χ0n) is 19.2. The zero-order valence-corrected chi connectivity index (χ0v) is 21.6. The summed E-state index contributed by atoms with van der Waals surface area (Å²) in [5.74, 6) is 2.19. The average Bonchev–Trinajstić information content (AvgIpc) is 3.36. The van der Waals surface area contributed by atoms with Crippen molar-refractivity contribution in [3.63, 3.8) is 0 Å². The van der Waals surface area contributed by atoms with E-state index in [0.717, 1.165) is 57.9 Å². The highest BCUT2D eigenvalue weighted by Crippen LogP contribution is 2.27. The number of amides is 1. The molecule has 2 aliphatic rings. The molecule has 2 fully saturated rings. The van der Waals surface area contributed by atoms with Crippen LogP contribution < -0.4 is 10.6 Å². The number of guanidine groups is 1. The number of carbonyl (C=O) groups is 1. The molecular weight excluding hydrogens is 477 g/mol. The van der Waals surface area contributed by atoms with Gasteiger partial charge in [-0.2, -0.15) is 0 Å². The van der Waals surface area contributed by atoms with Crippen LogP contribution in [0.3, 0.4) is 0 Å². The molecule has 29 heavy (non-hydrogen) atoms. The molecule has 1 amide bonds. The van der Waals surface area contributed by atoms with Gasteiger partial charge in [0.15, 0.2) is 5.96 Å². The Morgan fingerprint density at radius 1 is 1.17 bits per heavy atom. The van der Waals surface area contributed by atoms with Crippen molar-refractivity contribution in [3.8, 4) is 0 Å². The summed E-state index contributed by atoms with van der Waals surface area (Å²) in [5.41, 5.74) is 0. The van der Waals surface area contributed by atoms with Crippen molar-refractivity contribution in [3.05, 3.63) is 0 Å². The van der Waals surface area contributed by atoms with Crippen LogP contribution >= 0.6 is 24.0 Å². The van der Waals surface area contributed by atoms with Crippen molar-refractivity contribution in [2.45, 2.75) is 78.3 Å². The van der Waals surface area contributed by atoms with Crippen molar-refractivity contribution >= 4 is 35.8 Å². The maximum atomic E-state index is 12.7. The molecule has 0 radical (unpaired) electrons. The average molecular weight is 522 g/mol. The fourth-order valence-electron chi connectivity index (χ4n) is 4.76. The van der Waals surface area contributed by atoms with E-state index in [0.29, 0.717) is 23.9 Å². The maximum Gasteiger partial charge on any atom is 0.225 e. The molecule has 1 saturated heterocycles. The molecule has 1 saturated carbocycles. The number of likely N-dealkylation sites (tertiary alicyclic amines) is 1. The molecule has 1 aliphatic carbocycles. The fraction of sp³-hybridized carbons (Fsp3) is 0.909. The summed E-state index contributed by atoms with van der Waals surface area (Å²) in [5, 5.41) is 7.10. The van der Waals surface area contributed by atoms with Gasteiger partial charge in [0.2, 0.25) is 5.91 Å². The first-order valence-electron chi connectivity index (χ1n) is 11.5. The van der Waals surface area contributed by atoms with Gasteiger partial charge in [-0.1, -0.05) is 40.5 Å². The second kappa shape index (κ2) is 13.7. The molecule has 0 bridgehead atoms. The number of hydrogen-bond acceptors (Lipinski definition) is 3. The number of hydrogen-bond donors (Lipinski definition) is 2. The lowest BCUT2D eigenvalue weighted by Crippen LogP contribution is -2.50. The Kier molecular flexibility index (Phi) is 12.5. The molecule has 6 nitrogen and oxygen atoms in total. The van der Waals surface area contributed by atoms with Gasteiger partial charge in [0.25, 0.3) is 0 Å². The fourth-order valence-corrected chi connectivity index (χ4v) is 4.76. The number of nitrogens with one attached hydrogen (secondary N) is 2. The second-order valence-corrected chi connectivity index (χ2v) is 8.85. The molecule has 1 heterocycles. The van der Waals surface area contributed by atoms with Crippen molar-refractivity contribution in [1.29, 1.82) is 0 Å². The lowest BCUT2D eigenvalue weighted by molar-refractivity contribution is -0.134. The minimum Gasteiger partial charge on any atom is -0.355 e. The third-order valence-electron chi connectivity index (χ3n) is 6.35. The lowest BCUT2D eigenvalue weighted by atomic mass is 10.0. The highest BCUT2D eigenvalue weighted by atomic mass is 127. The molecule has 0 aromatic carbocycles. The minimum absolute atomic E-state index is 0. The van der Waals surface area contributed by atoms with Crippen LogP contribution in [0.1, 0.15) is 66.2 Å². The number of rotatable bonds is 9. The summed E-state index contributed by atoms with van der Waals surface area (Å²) in [4.78, 5) is 21.7. The van der Waals surface area contributed by atoms with E-state index in [1.165, 1.54) is 19.3 Å². The predicted molar refractivity (Wildman–Crippen MR) is 133 cm³/mol. The van der Waals surface area contributed by atoms with Crippen LogP contribution in [0.4, 0.5) is 0 Å². The zero-order chi connectivity index (χ0) is 20.5. The summed E-state index contributed by atoms with van der Waals surface area (Å²) in [6, 6.07) is 0.811. The van der Waals surface area contributed by atoms with E-state index in [9.17, 15) is 4.79 Å². The summed E-state index contributed by atoms with van der Waals surface area (Å²) in [7, 11) is 1.83. The van der Waals surface area contributed by atoms with E-state index in [4.69, 9.17) is 0 Å². The van der Waals surface area contributed by atoms with E-state index < -0.39 is 0 Å². The normalized spacial score (nSPS) is 21.6. The molecule has 1 aliphatic heterocycles. The van der Waals surface area contributed by atoms with E-state index >= 15 is 0 Å². The number of nitrogens with zero attached hydrogens (tertiary/aromatic N) is 3. The van der Waals surface area contributed by atoms with Gasteiger partial charge >= 0.3 is 0 Å². The summed E-state index contributed by atoms with van der Waals surface area (Å²) in [6.07, 6.45) is 6.78. The van der Waals surface area contributed by atoms with Crippen LogP contribution in [0.25, 0.3) is 0 Å². The summed E-state index contributed by atoms with van der Waals surface area (Å²) in [6.45, 7) is 13.8. The lowest BCUT2D eigenvalue weighted by Gasteiger charge is -2.32. The first kappa shape index (κ1) is 26.5. The maximum absolute atomic E-state index is 12.7. The van der Waals surface area contributed by atoms with Gasteiger partial charge in [-0.05, 0) is 44.7 Å². The summed E-state index contributed by atoms with van der Waals surface area (Å²) >= 11 is 0. The van der Waals surface area contributed by atoms with Crippen LogP contribution in [-0.4, -0.2) is 73.5 Å². The highest BCUT2D eigenvalue weighted by molar-refractivity contribution is 14.0. The molecular formula is C22H44IN5O. The number of aliphatic imine (C=N–C) groups is 1. The van der Waals surface area contributed by atoms with Gasteiger partial charge in [0.1, 0.15) is 0 Å². The second-order valence-electron chi connectivity index (χ2n) is 8.85. The Labute approximate surface area is 195 Å². The SMILES string of the molecule is CCN(CC)C(CNC(=NC)NC1CCN(C(=O)C2CCCC2)C1)CC(C)C.I. The Hall–Kier alpha value is -0.570. The molecule has 0 aromatic heterocycles. The third kappa shape index (κ3) is 8.23. The van der Waals surface area contributed by atoms with E-state index in [1.54, 1.807) is 0 Å². The van der Waals surface area contributed by atoms with Crippen LogP contribution in [0.15, 0.2) is 4.99 Å². The molecule has 170 valence electrons. The largest absolute Gasteiger partial charge is 0.355 e. The number of halogens is 1. The van der Waals surface area contributed by atoms with Gasteiger partial charge < -0.3 is 15.5 Å². The molecule has 2 atom stereocenters. The third-order valence-corrected chi connectivity index (χ3v) is 6.35. The van der Waals surface area contributed by atoms with Crippen molar-refractivity contribution < 1.29 is 4.79 Å². The number of carbonyl (C=O) groups excluding carboxylic acids is 1. The summed E-state index contributed by atoms with van der Waals surface area (Å²) < 4.78 is 0. The molecule has 0 spiro atoms. The topological polar surface area (TPSA) is 60.0 Å². The molecule has 2 N–H and O–H groups in total. The monoisotopic (exact) mass is 521 g/mol. The van der Waals surface area contributed by atoms with E-state index in [1.807, 2.05) is 7.05 Å². The van der Waals surface area contributed by atoms with E-state index in [-0.39, 0.29) is 29.9 Å². The van der Waals surface area contributed by atoms with Crippen LogP contribution in [-0.2, 0) is 4.79 Å². The Bertz CT molecular complexity index is 503. The van der Waals surface area contributed by atoms with Gasteiger partial charge in [0, 0.05) is 44.7 Å². The van der Waals surface area contributed by atoms with Crippen molar-refractivity contribution in [2.24, 2.45) is 16.8 Å². The minimum atomic E-state index is 0. The van der Waals surface area contributed by atoms with Gasteiger partial charge in [-0.15, -0.1) is 24.0 Å². The van der Waals surface area contributed by atoms with Crippen molar-refractivity contribution in [1.82, 2.24) is 20.4 Å². The smallest absolute Gasteiger partial charge is 0.225 e. The first-order chi connectivity index (χ1) is 13.5. The molecule has 2 unspecified atom stereocenters. The molecule has 2 rings (SSSR count).